The molecule has 2 fully saturated rings. The quantitative estimate of drug-likeness (QED) is 0.758. The van der Waals surface area contributed by atoms with Gasteiger partial charge < -0.3 is 10.6 Å². The summed E-state index contributed by atoms with van der Waals surface area (Å²) in [4.78, 5) is 14.7. The van der Waals surface area contributed by atoms with Crippen molar-refractivity contribution in [1.82, 2.24) is 10.2 Å². The van der Waals surface area contributed by atoms with E-state index in [0.29, 0.717) is 12.5 Å². The molecule has 4 nitrogen and oxygen atoms in total. The Bertz CT molecular complexity index is 516. The molecule has 0 aliphatic carbocycles. The second kappa shape index (κ2) is 12.8. The molecule has 0 radical (unpaired) electrons. The van der Waals surface area contributed by atoms with Crippen molar-refractivity contribution in [2.75, 3.05) is 36.5 Å². The van der Waals surface area contributed by atoms with E-state index in [4.69, 9.17) is 0 Å². The van der Waals surface area contributed by atoms with Crippen molar-refractivity contribution in [3.8, 4) is 0 Å². The minimum atomic E-state index is 0. The zero-order chi connectivity index (χ0) is 16.6. The van der Waals surface area contributed by atoms with Crippen LogP contribution in [-0.2, 0) is 11.3 Å². The van der Waals surface area contributed by atoms with Gasteiger partial charge in [-0.15, -0.1) is 24.8 Å². The van der Waals surface area contributed by atoms with Gasteiger partial charge in [0, 0.05) is 42.7 Å². The van der Waals surface area contributed by atoms with Crippen molar-refractivity contribution >= 4 is 48.2 Å². The van der Waals surface area contributed by atoms with Gasteiger partial charge in [-0.1, -0.05) is 25.0 Å². The van der Waals surface area contributed by atoms with E-state index in [9.17, 15) is 4.79 Å². The number of hydrogen-bond donors (Lipinski definition) is 2. The lowest BCUT2D eigenvalue weighted by Gasteiger charge is -2.22. The fourth-order valence-corrected chi connectivity index (χ4v) is 4.38. The summed E-state index contributed by atoms with van der Waals surface area (Å²) in [6.45, 7) is 4.46. The molecule has 2 aliphatic rings. The highest BCUT2D eigenvalue weighted by molar-refractivity contribution is 7.99. The maximum atomic E-state index is 12.2. The van der Waals surface area contributed by atoms with Gasteiger partial charge in [-0.05, 0) is 43.6 Å². The van der Waals surface area contributed by atoms with Crippen molar-refractivity contribution in [1.29, 1.82) is 0 Å². The largest absolute Gasteiger partial charge is 0.326 e. The molecule has 2 saturated heterocycles. The van der Waals surface area contributed by atoms with Crippen LogP contribution in [0.2, 0.25) is 0 Å². The summed E-state index contributed by atoms with van der Waals surface area (Å²) in [5.74, 6) is 2.29. The molecule has 1 atom stereocenters. The maximum absolute atomic E-state index is 12.2. The highest BCUT2D eigenvalue weighted by Gasteiger charge is 2.16. The molecule has 148 valence electrons. The Hall–Kier alpha value is -0.460. The van der Waals surface area contributed by atoms with E-state index in [1.165, 1.54) is 44.3 Å². The van der Waals surface area contributed by atoms with Crippen molar-refractivity contribution < 1.29 is 4.79 Å². The standard InChI is InChI=1S/C19H29N3OS.2ClH/c23-19(13-18-15-24-12-9-20-18)21-17-7-5-16(6-8-17)14-22-10-3-1-2-4-11-22;;/h5-8,18,20H,1-4,9-15H2,(H,21,23);2*1H. The Morgan fingerprint density at radius 2 is 1.81 bits per heavy atom. The highest BCUT2D eigenvalue weighted by Crippen LogP contribution is 2.16. The lowest BCUT2D eigenvalue weighted by molar-refractivity contribution is -0.116. The van der Waals surface area contributed by atoms with Crippen LogP contribution in [0.3, 0.4) is 0 Å². The van der Waals surface area contributed by atoms with Gasteiger partial charge in [-0.25, -0.2) is 0 Å². The molecule has 0 bridgehead atoms. The lowest BCUT2D eigenvalue weighted by atomic mass is 10.1. The van der Waals surface area contributed by atoms with Crippen LogP contribution in [0.25, 0.3) is 0 Å². The average Bonchev–Trinajstić information content (AvgIpc) is 2.86. The van der Waals surface area contributed by atoms with Crippen molar-refractivity contribution in [2.45, 2.75) is 44.7 Å². The van der Waals surface area contributed by atoms with Crippen LogP contribution in [0.1, 0.15) is 37.7 Å². The Labute approximate surface area is 174 Å². The van der Waals surface area contributed by atoms with Gasteiger partial charge in [0.15, 0.2) is 0 Å². The third-order valence-electron chi connectivity index (χ3n) is 4.77. The summed E-state index contributed by atoms with van der Waals surface area (Å²) in [5.41, 5.74) is 2.24. The summed E-state index contributed by atoms with van der Waals surface area (Å²) in [6.07, 6.45) is 5.94. The molecule has 1 amide bonds. The number of rotatable bonds is 5. The second-order valence-electron chi connectivity index (χ2n) is 6.87. The number of amides is 1. The predicted molar refractivity (Wildman–Crippen MR) is 117 cm³/mol. The molecule has 1 unspecified atom stereocenters. The molecule has 0 spiro atoms. The van der Waals surface area contributed by atoms with Crippen molar-refractivity contribution in [3.05, 3.63) is 29.8 Å². The van der Waals surface area contributed by atoms with Gasteiger partial charge in [0.1, 0.15) is 0 Å². The summed E-state index contributed by atoms with van der Waals surface area (Å²) in [7, 11) is 0. The van der Waals surface area contributed by atoms with Crippen LogP contribution < -0.4 is 10.6 Å². The number of benzene rings is 1. The predicted octanol–water partition coefficient (Wildman–Crippen LogP) is 3.94. The molecule has 3 rings (SSSR count). The molecule has 1 aromatic carbocycles. The molecular formula is C19H31Cl2N3OS. The zero-order valence-corrected chi connectivity index (χ0v) is 17.7. The van der Waals surface area contributed by atoms with E-state index in [2.05, 4.69) is 27.7 Å². The van der Waals surface area contributed by atoms with Gasteiger partial charge in [0.05, 0.1) is 0 Å². The first-order valence-corrected chi connectivity index (χ1v) is 10.4. The minimum Gasteiger partial charge on any atom is -0.326 e. The fraction of sp³-hybridized carbons (Fsp3) is 0.632. The lowest BCUT2D eigenvalue weighted by Crippen LogP contribution is -2.39. The molecule has 0 aromatic heterocycles. The number of carbonyl (C=O) groups is 1. The number of halogens is 2. The van der Waals surface area contributed by atoms with Crippen LogP contribution >= 0.6 is 36.6 Å². The minimum absolute atomic E-state index is 0. The van der Waals surface area contributed by atoms with Crippen LogP contribution in [0, 0.1) is 0 Å². The maximum Gasteiger partial charge on any atom is 0.225 e. The monoisotopic (exact) mass is 419 g/mol. The van der Waals surface area contributed by atoms with E-state index < -0.39 is 0 Å². The topological polar surface area (TPSA) is 44.4 Å². The molecule has 2 aliphatic heterocycles. The van der Waals surface area contributed by atoms with Crippen LogP contribution in [0.4, 0.5) is 5.69 Å². The van der Waals surface area contributed by atoms with E-state index in [1.807, 2.05) is 23.9 Å². The van der Waals surface area contributed by atoms with E-state index >= 15 is 0 Å². The number of nitrogens with one attached hydrogen (secondary N) is 2. The molecule has 1 aromatic rings. The summed E-state index contributed by atoms with van der Waals surface area (Å²) >= 11 is 1.92. The van der Waals surface area contributed by atoms with E-state index in [1.54, 1.807) is 0 Å². The van der Waals surface area contributed by atoms with Gasteiger partial charge in [-0.2, -0.15) is 11.8 Å². The first-order chi connectivity index (χ1) is 11.8. The average molecular weight is 420 g/mol. The number of carbonyl (C=O) groups excluding carboxylic acids is 1. The van der Waals surface area contributed by atoms with Crippen LogP contribution in [-0.4, -0.2) is 48.0 Å². The Morgan fingerprint density at radius 1 is 1.12 bits per heavy atom. The van der Waals surface area contributed by atoms with Crippen LogP contribution in [0.5, 0.6) is 0 Å². The smallest absolute Gasteiger partial charge is 0.225 e. The molecule has 0 saturated carbocycles. The summed E-state index contributed by atoms with van der Waals surface area (Å²) in [6, 6.07) is 8.68. The molecule has 2 N–H and O–H groups in total. The number of likely N-dealkylation sites (tertiary alicyclic amines) is 1. The molecular weight excluding hydrogens is 389 g/mol. The van der Waals surface area contributed by atoms with Crippen molar-refractivity contribution in [3.63, 3.8) is 0 Å². The van der Waals surface area contributed by atoms with Gasteiger partial charge >= 0.3 is 0 Å². The van der Waals surface area contributed by atoms with Gasteiger partial charge in [-0.3, -0.25) is 9.69 Å². The zero-order valence-electron chi connectivity index (χ0n) is 15.2. The summed E-state index contributed by atoms with van der Waals surface area (Å²) in [5, 5.41) is 6.44. The SMILES string of the molecule is Cl.Cl.O=C(CC1CSCCN1)Nc1ccc(CN2CCCCCC2)cc1. The fourth-order valence-electron chi connectivity index (χ4n) is 3.43. The number of anilines is 1. The number of hydrogen-bond acceptors (Lipinski definition) is 4. The Balaban J connectivity index is 0.00000169. The van der Waals surface area contributed by atoms with E-state index in [-0.39, 0.29) is 30.7 Å². The first-order valence-electron chi connectivity index (χ1n) is 9.22. The highest BCUT2D eigenvalue weighted by atomic mass is 35.5. The first kappa shape index (κ1) is 23.6. The summed E-state index contributed by atoms with van der Waals surface area (Å²) < 4.78 is 0. The second-order valence-corrected chi connectivity index (χ2v) is 8.02. The Morgan fingerprint density at radius 3 is 2.42 bits per heavy atom. The van der Waals surface area contributed by atoms with Crippen LogP contribution in [0.15, 0.2) is 24.3 Å². The number of nitrogens with zero attached hydrogens (tertiary/aromatic N) is 1. The number of thioether (sulfide) groups is 1. The van der Waals surface area contributed by atoms with Gasteiger partial charge in [0.2, 0.25) is 5.91 Å². The van der Waals surface area contributed by atoms with Crippen molar-refractivity contribution in [2.24, 2.45) is 0 Å². The Kier molecular flexibility index (Phi) is 11.6. The van der Waals surface area contributed by atoms with E-state index in [0.717, 1.165) is 30.3 Å². The third kappa shape index (κ3) is 8.05. The molecule has 26 heavy (non-hydrogen) atoms. The molecule has 7 heteroatoms. The normalized spacial score (nSPS) is 21.0. The third-order valence-corrected chi connectivity index (χ3v) is 5.90. The molecule has 2 heterocycles. The van der Waals surface area contributed by atoms with Gasteiger partial charge in [0.25, 0.3) is 0 Å².